The Balaban J connectivity index is 1.82. The number of nitrogens with one attached hydrogen (secondary N) is 1. The summed E-state index contributed by atoms with van der Waals surface area (Å²) >= 11 is 3.14. The highest BCUT2D eigenvalue weighted by molar-refractivity contribution is 9.10. The minimum atomic E-state index is -0.538. The highest BCUT2D eigenvalue weighted by Gasteiger charge is 2.06. The van der Waals surface area contributed by atoms with Crippen LogP contribution in [0.15, 0.2) is 45.5 Å². The first kappa shape index (κ1) is 11.7. The summed E-state index contributed by atoms with van der Waals surface area (Å²) in [4.78, 5) is 11.4. The fraction of sp³-hybridized carbons (Fsp3) is 0.0909. The maximum absolute atomic E-state index is 11.4. The van der Waals surface area contributed by atoms with Gasteiger partial charge in [-0.1, -0.05) is 23.4 Å². The van der Waals surface area contributed by atoms with Gasteiger partial charge in [-0.15, -0.1) is 0 Å². The number of halogens is 1. The summed E-state index contributed by atoms with van der Waals surface area (Å²) in [5, 5.41) is 6.17. The van der Waals surface area contributed by atoms with Crippen molar-refractivity contribution in [2.24, 2.45) is 0 Å². The van der Waals surface area contributed by atoms with Crippen LogP contribution in [0.3, 0.4) is 0 Å². The second-order valence-electron chi connectivity index (χ2n) is 3.17. The molecule has 1 heterocycles. The predicted octanol–water partition coefficient (Wildman–Crippen LogP) is 2.73. The summed E-state index contributed by atoms with van der Waals surface area (Å²) in [6.07, 6.45) is -0.538. The molecule has 1 aromatic heterocycles. The van der Waals surface area contributed by atoms with E-state index in [-0.39, 0.29) is 6.54 Å². The fourth-order valence-electron chi connectivity index (χ4n) is 1.16. The Morgan fingerprint density at radius 3 is 2.82 bits per heavy atom. The van der Waals surface area contributed by atoms with Gasteiger partial charge >= 0.3 is 6.09 Å². The first-order chi connectivity index (χ1) is 8.24. The Bertz CT molecular complexity index is 498. The van der Waals surface area contributed by atoms with Gasteiger partial charge in [0.15, 0.2) is 5.76 Å². The van der Waals surface area contributed by atoms with Gasteiger partial charge in [-0.25, -0.2) is 4.79 Å². The number of rotatable bonds is 3. The van der Waals surface area contributed by atoms with Crippen LogP contribution < -0.4 is 10.1 Å². The van der Waals surface area contributed by atoms with Crippen molar-refractivity contribution in [3.63, 3.8) is 0 Å². The topological polar surface area (TPSA) is 64.4 Å². The molecule has 2 rings (SSSR count). The van der Waals surface area contributed by atoms with E-state index in [1.807, 2.05) is 6.07 Å². The molecule has 2 aromatic rings. The van der Waals surface area contributed by atoms with Crippen LogP contribution >= 0.6 is 15.9 Å². The summed E-state index contributed by atoms with van der Waals surface area (Å²) in [6, 6.07) is 10.5. The molecule has 0 fully saturated rings. The lowest BCUT2D eigenvalue weighted by molar-refractivity contribution is 0.198. The van der Waals surface area contributed by atoms with E-state index in [0.29, 0.717) is 16.1 Å². The summed E-state index contributed by atoms with van der Waals surface area (Å²) < 4.78 is 10.5. The van der Waals surface area contributed by atoms with Crippen molar-refractivity contribution < 1.29 is 14.1 Å². The molecular weight excluding hydrogens is 288 g/mol. The number of carbonyl (C=O) groups excluding carboxylic acids is 1. The number of benzene rings is 1. The molecule has 17 heavy (non-hydrogen) atoms. The van der Waals surface area contributed by atoms with Crippen LogP contribution in [0.5, 0.6) is 5.75 Å². The number of ether oxygens (including phenoxy) is 1. The third kappa shape index (κ3) is 3.60. The van der Waals surface area contributed by atoms with Crippen molar-refractivity contribution >= 4 is 22.0 Å². The van der Waals surface area contributed by atoms with E-state index >= 15 is 0 Å². The van der Waals surface area contributed by atoms with E-state index in [2.05, 4.69) is 26.4 Å². The quantitative estimate of drug-likeness (QED) is 0.946. The summed E-state index contributed by atoms with van der Waals surface area (Å²) in [7, 11) is 0. The largest absolute Gasteiger partial charge is 0.412 e. The lowest BCUT2D eigenvalue weighted by atomic mass is 10.3. The van der Waals surface area contributed by atoms with Gasteiger partial charge in [0.2, 0.25) is 0 Å². The lowest BCUT2D eigenvalue weighted by Gasteiger charge is -2.04. The average molecular weight is 297 g/mol. The first-order valence-corrected chi connectivity index (χ1v) is 5.65. The molecular formula is C11H9BrN2O3. The van der Waals surface area contributed by atoms with Crippen LogP contribution in [0, 0.1) is 0 Å². The number of hydrogen-bond acceptors (Lipinski definition) is 4. The van der Waals surface area contributed by atoms with E-state index in [9.17, 15) is 4.79 Å². The summed E-state index contributed by atoms with van der Waals surface area (Å²) in [5.74, 6) is 1.03. The zero-order valence-electron chi connectivity index (χ0n) is 8.72. The highest BCUT2D eigenvalue weighted by atomic mass is 79.9. The zero-order valence-corrected chi connectivity index (χ0v) is 10.3. The third-order valence-electron chi connectivity index (χ3n) is 1.89. The summed E-state index contributed by atoms with van der Waals surface area (Å²) in [5.41, 5.74) is 0. The van der Waals surface area contributed by atoms with Crippen molar-refractivity contribution in [3.05, 3.63) is 46.8 Å². The Labute approximate surface area is 106 Å². The average Bonchev–Trinajstić information content (AvgIpc) is 2.74. The van der Waals surface area contributed by atoms with Gasteiger partial charge < -0.3 is 14.6 Å². The second kappa shape index (κ2) is 5.49. The lowest BCUT2D eigenvalue weighted by Crippen LogP contribution is -2.26. The predicted molar refractivity (Wildman–Crippen MR) is 63.5 cm³/mol. The molecule has 0 saturated heterocycles. The van der Waals surface area contributed by atoms with Crippen LogP contribution in [0.25, 0.3) is 0 Å². The number of hydrogen-bond donors (Lipinski definition) is 1. The van der Waals surface area contributed by atoms with Crippen LogP contribution in [0.1, 0.15) is 5.76 Å². The molecule has 0 atom stereocenters. The smallest absolute Gasteiger partial charge is 0.410 e. The highest BCUT2D eigenvalue weighted by Crippen LogP contribution is 2.10. The molecule has 0 aliphatic carbocycles. The van der Waals surface area contributed by atoms with Crippen LogP contribution in [-0.4, -0.2) is 11.2 Å². The van der Waals surface area contributed by atoms with Crippen molar-refractivity contribution in [3.8, 4) is 5.75 Å². The molecule has 88 valence electrons. The number of carbonyl (C=O) groups is 1. The Hall–Kier alpha value is -1.82. The molecule has 0 aliphatic heterocycles. The van der Waals surface area contributed by atoms with E-state index in [1.165, 1.54) is 0 Å². The zero-order chi connectivity index (χ0) is 12.1. The van der Waals surface area contributed by atoms with Crippen LogP contribution in [0.2, 0.25) is 0 Å². The van der Waals surface area contributed by atoms with Gasteiger partial charge in [0.1, 0.15) is 10.4 Å². The van der Waals surface area contributed by atoms with Crippen LogP contribution in [-0.2, 0) is 6.54 Å². The third-order valence-corrected chi connectivity index (χ3v) is 2.26. The number of amides is 1. The second-order valence-corrected chi connectivity index (χ2v) is 3.98. The number of para-hydroxylation sites is 1. The monoisotopic (exact) mass is 296 g/mol. The van der Waals surface area contributed by atoms with Gasteiger partial charge in [0.05, 0.1) is 6.54 Å². The minimum absolute atomic E-state index is 0.226. The molecule has 0 aliphatic rings. The molecule has 0 radical (unpaired) electrons. The standard InChI is InChI=1S/C11H9BrN2O3/c12-10-6-9(17-14-10)7-13-11(15)16-8-4-2-1-3-5-8/h1-6H,7H2,(H,13,15). The maximum Gasteiger partial charge on any atom is 0.412 e. The Kier molecular flexibility index (Phi) is 3.77. The van der Waals surface area contributed by atoms with Crippen LogP contribution in [0.4, 0.5) is 4.79 Å². The molecule has 0 spiro atoms. The molecule has 0 unspecified atom stereocenters. The molecule has 1 aromatic carbocycles. The fourth-order valence-corrected chi connectivity index (χ4v) is 1.49. The number of aromatic nitrogens is 1. The van der Waals surface area contributed by atoms with E-state index in [1.54, 1.807) is 30.3 Å². The molecule has 1 N–H and O–H groups in total. The van der Waals surface area contributed by atoms with Gasteiger partial charge in [-0.05, 0) is 28.1 Å². The normalized spacial score (nSPS) is 9.94. The van der Waals surface area contributed by atoms with E-state index in [0.717, 1.165) is 0 Å². The SMILES string of the molecule is O=C(NCc1cc(Br)no1)Oc1ccccc1. The van der Waals surface area contributed by atoms with Gasteiger partial charge in [-0.3, -0.25) is 0 Å². The molecule has 6 heteroatoms. The van der Waals surface area contributed by atoms with E-state index < -0.39 is 6.09 Å². The van der Waals surface area contributed by atoms with Crippen molar-refractivity contribution in [2.75, 3.05) is 0 Å². The first-order valence-electron chi connectivity index (χ1n) is 4.86. The maximum atomic E-state index is 11.4. The minimum Gasteiger partial charge on any atom is -0.410 e. The van der Waals surface area contributed by atoms with Gasteiger partial charge in [-0.2, -0.15) is 0 Å². The van der Waals surface area contributed by atoms with Crippen molar-refractivity contribution in [1.82, 2.24) is 10.5 Å². The Morgan fingerprint density at radius 1 is 1.41 bits per heavy atom. The summed E-state index contributed by atoms with van der Waals surface area (Å²) in [6.45, 7) is 0.226. The molecule has 5 nitrogen and oxygen atoms in total. The van der Waals surface area contributed by atoms with Crippen molar-refractivity contribution in [1.29, 1.82) is 0 Å². The van der Waals surface area contributed by atoms with Gasteiger partial charge in [0.25, 0.3) is 0 Å². The molecule has 0 saturated carbocycles. The van der Waals surface area contributed by atoms with Gasteiger partial charge in [0, 0.05) is 6.07 Å². The number of nitrogens with zero attached hydrogens (tertiary/aromatic N) is 1. The molecule has 0 bridgehead atoms. The molecule has 1 amide bonds. The Morgan fingerprint density at radius 2 is 2.18 bits per heavy atom. The van der Waals surface area contributed by atoms with Crippen molar-refractivity contribution in [2.45, 2.75) is 6.54 Å². The van der Waals surface area contributed by atoms with E-state index in [4.69, 9.17) is 9.26 Å².